The standard InChI is InChI=1S/C12H22N2O6S/c1-12(2,3)20-11(16)14-7-8(13-21(5,17)18)6-9(14)10(15)19-4/h8-9,13H,6-7H2,1-5H3. The maximum Gasteiger partial charge on any atom is 0.411 e. The van der Waals surface area contributed by atoms with Crippen molar-refractivity contribution >= 4 is 22.1 Å². The van der Waals surface area contributed by atoms with Gasteiger partial charge in [0.2, 0.25) is 10.0 Å². The average Bonchev–Trinajstić information content (AvgIpc) is 2.67. The number of carbonyl (C=O) groups excluding carboxylic acids is 2. The van der Waals surface area contributed by atoms with Crippen molar-refractivity contribution in [3.05, 3.63) is 0 Å². The normalized spacial score (nSPS) is 23.0. The van der Waals surface area contributed by atoms with Crippen molar-refractivity contribution in [3.63, 3.8) is 0 Å². The summed E-state index contributed by atoms with van der Waals surface area (Å²) < 4.78 is 34.8. The van der Waals surface area contributed by atoms with Crippen LogP contribution in [0.2, 0.25) is 0 Å². The van der Waals surface area contributed by atoms with Crippen LogP contribution in [0.1, 0.15) is 27.2 Å². The van der Waals surface area contributed by atoms with Gasteiger partial charge in [-0.3, -0.25) is 4.90 Å². The average molecular weight is 322 g/mol. The molecule has 1 heterocycles. The Labute approximate surface area is 124 Å². The Hall–Kier alpha value is -1.35. The van der Waals surface area contributed by atoms with Crippen molar-refractivity contribution < 1.29 is 27.5 Å². The van der Waals surface area contributed by atoms with Gasteiger partial charge in [-0.2, -0.15) is 0 Å². The van der Waals surface area contributed by atoms with E-state index in [4.69, 9.17) is 4.74 Å². The minimum atomic E-state index is -3.43. The van der Waals surface area contributed by atoms with E-state index in [2.05, 4.69) is 9.46 Å². The number of hydrogen-bond donors (Lipinski definition) is 1. The first-order valence-electron chi connectivity index (χ1n) is 6.47. The van der Waals surface area contributed by atoms with E-state index >= 15 is 0 Å². The van der Waals surface area contributed by atoms with E-state index in [0.717, 1.165) is 6.26 Å². The number of likely N-dealkylation sites (tertiary alicyclic amines) is 1. The number of carbonyl (C=O) groups is 2. The third-order valence-electron chi connectivity index (χ3n) is 2.78. The Bertz CT molecular complexity index is 510. The van der Waals surface area contributed by atoms with E-state index in [1.165, 1.54) is 12.0 Å². The number of nitrogens with zero attached hydrogens (tertiary/aromatic N) is 1. The zero-order valence-electron chi connectivity index (χ0n) is 12.9. The van der Waals surface area contributed by atoms with Gasteiger partial charge in [0.25, 0.3) is 0 Å². The molecule has 1 rings (SSSR count). The second kappa shape index (κ2) is 6.18. The Morgan fingerprint density at radius 2 is 1.86 bits per heavy atom. The molecular weight excluding hydrogens is 300 g/mol. The van der Waals surface area contributed by atoms with Gasteiger partial charge in [0.1, 0.15) is 11.6 Å². The quantitative estimate of drug-likeness (QED) is 0.739. The van der Waals surface area contributed by atoms with Crippen LogP contribution in [0.15, 0.2) is 0 Å². The molecule has 1 aliphatic heterocycles. The lowest BCUT2D eigenvalue weighted by molar-refractivity contribution is -0.145. The molecule has 0 spiro atoms. The van der Waals surface area contributed by atoms with Crippen LogP contribution in [0.5, 0.6) is 0 Å². The van der Waals surface area contributed by atoms with E-state index in [1.807, 2.05) is 0 Å². The van der Waals surface area contributed by atoms with Gasteiger partial charge >= 0.3 is 12.1 Å². The topological polar surface area (TPSA) is 102 Å². The lowest BCUT2D eigenvalue weighted by Crippen LogP contribution is -2.44. The molecule has 0 bridgehead atoms. The zero-order valence-corrected chi connectivity index (χ0v) is 13.7. The molecule has 0 aliphatic carbocycles. The molecule has 0 aromatic heterocycles. The van der Waals surface area contributed by atoms with Gasteiger partial charge in [-0.15, -0.1) is 0 Å². The maximum atomic E-state index is 12.1. The molecule has 21 heavy (non-hydrogen) atoms. The number of hydrogen-bond acceptors (Lipinski definition) is 6. The molecule has 1 saturated heterocycles. The van der Waals surface area contributed by atoms with Crippen LogP contribution in [0.3, 0.4) is 0 Å². The molecule has 0 aromatic carbocycles. The molecule has 1 aliphatic rings. The second-order valence-corrected chi connectivity index (χ2v) is 7.77. The number of amides is 1. The summed E-state index contributed by atoms with van der Waals surface area (Å²) in [5.74, 6) is -0.598. The van der Waals surface area contributed by atoms with Crippen molar-refractivity contribution in [2.75, 3.05) is 19.9 Å². The number of esters is 1. The van der Waals surface area contributed by atoms with Crippen molar-refractivity contribution in [1.82, 2.24) is 9.62 Å². The summed E-state index contributed by atoms with van der Waals surface area (Å²) in [4.78, 5) is 25.1. The first kappa shape index (κ1) is 17.7. The number of rotatable bonds is 3. The lowest BCUT2D eigenvalue weighted by atomic mass is 10.2. The number of sulfonamides is 1. The molecule has 122 valence electrons. The molecule has 9 heteroatoms. The Morgan fingerprint density at radius 1 is 1.29 bits per heavy atom. The van der Waals surface area contributed by atoms with Crippen LogP contribution < -0.4 is 4.72 Å². The molecule has 2 unspecified atom stereocenters. The molecule has 0 saturated carbocycles. The van der Waals surface area contributed by atoms with Gasteiger partial charge in [-0.1, -0.05) is 0 Å². The number of methoxy groups -OCH3 is 1. The molecule has 1 amide bonds. The predicted molar refractivity (Wildman–Crippen MR) is 75.1 cm³/mol. The van der Waals surface area contributed by atoms with E-state index < -0.39 is 39.8 Å². The fourth-order valence-electron chi connectivity index (χ4n) is 2.11. The Balaban J connectivity index is 2.88. The summed E-state index contributed by atoms with van der Waals surface area (Å²) >= 11 is 0. The summed E-state index contributed by atoms with van der Waals surface area (Å²) in [5, 5.41) is 0. The monoisotopic (exact) mass is 322 g/mol. The summed E-state index contributed by atoms with van der Waals surface area (Å²) in [7, 11) is -2.21. The molecular formula is C12H22N2O6S. The number of nitrogens with one attached hydrogen (secondary N) is 1. The summed E-state index contributed by atoms with van der Waals surface area (Å²) in [6.07, 6.45) is 0.505. The van der Waals surface area contributed by atoms with Crippen molar-refractivity contribution in [2.45, 2.75) is 44.9 Å². The summed E-state index contributed by atoms with van der Waals surface area (Å²) in [6.45, 7) is 5.18. The maximum absolute atomic E-state index is 12.1. The van der Waals surface area contributed by atoms with Crippen LogP contribution in [0, 0.1) is 0 Å². The third-order valence-corrected chi connectivity index (χ3v) is 3.54. The summed E-state index contributed by atoms with van der Waals surface area (Å²) in [6, 6.07) is -1.40. The molecule has 1 fully saturated rings. The molecule has 8 nitrogen and oxygen atoms in total. The van der Waals surface area contributed by atoms with Crippen LogP contribution in [0.4, 0.5) is 4.79 Å². The van der Waals surface area contributed by atoms with E-state index in [0.29, 0.717) is 0 Å². The van der Waals surface area contributed by atoms with Crippen LogP contribution in [0.25, 0.3) is 0 Å². The van der Waals surface area contributed by atoms with Gasteiger partial charge in [-0.05, 0) is 27.2 Å². The van der Waals surface area contributed by atoms with Gasteiger partial charge in [0.05, 0.1) is 13.4 Å². The predicted octanol–water partition coefficient (Wildman–Crippen LogP) is 0.0866. The van der Waals surface area contributed by atoms with Crippen molar-refractivity contribution in [1.29, 1.82) is 0 Å². The fourth-order valence-corrected chi connectivity index (χ4v) is 2.88. The Morgan fingerprint density at radius 3 is 2.29 bits per heavy atom. The molecule has 0 aromatic rings. The Kier molecular flexibility index (Phi) is 5.21. The first-order valence-corrected chi connectivity index (χ1v) is 8.37. The number of ether oxygens (including phenoxy) is 2. The highest BCUT2D eigenvalue weighted by Gasteiger charge is 2.42. The van der Waals surface area contributed by atoms with Gasteiger partial charge in [-0.25, -0.2) is 22.7 Å². The van der Waals surface area contributed by atoms with E-state index in [1.54, 1.807) is 20.8 Å². The highest BCUT2D eigenvalue weighted by Crippen LogP contribution is 2.22. The second-order valence-electron chi connectivity index (χ2n) is 5.99. The third kappa shape index (κ3) is 5.50. The van der Waals surface area contributed by atoms with Crippen LogP contribution in [-0.4, -0.2) is 63.0 Å². The lowest BCUT2D eigenvalue weighted by Gasteiger charge is -2.27. The zero-order chi connectivity index (χ0) is 16.4. The van der Waals surface area contributed by atoms with Gasteiger partial charge < -0.3 is 9.47 Å². The van der Waals surface area contributed by atoms with E-state index in [-0.39, 0.29) is 13.0 Å². The van der Waals surface area contributed by atoms with Gasteiger partial charge in [0.15, 0.2) is 0 Å². The summed E-state index contributed by atoms with van der Waals surface area (Å²) in [5.41, 5.74) is -0.708. The van der Waals surface area contributed by atoms with E-state index in [9.17, 15) is 18.0 Å². The van der Waals surface area contributed by atoms with Crippen LogP contribution >= 0.6 is 0 Å². The molecule has 0 radical (unpaired) electrons. The highest BCUT2D eigenvalue weighted by molar-refractivity contribution is 7.88. The van der Waals surface area contributed by atoms with Crippen molar-refractivity contribution in [3.8, 4) is 0 Å². The smallest absolute Gasteiger partial charge is 0.411 e. The van der Waals surface area contributed by atoms with Gasteiger partial charge in [0, 0.05) is 12.6 Å². The van der Waals surface area contributed by atoms with Crippen LogP contribution in [-0.2, 0) is 24.3 Å². The largest absolute Gasteiger partial charge is 0.467 e. The fraction of sp³-hybridized carbons (Fsp3) is 0.833. The minimum Gasteiger partial charge on any atom is -0.467 e. The SMILES string of the molecule is COC(=O)C1CC(NS(C)(=O)=O)CN1C(=O)OC(C)(C)C. The first-order chi connectivity index (χ1) is 9.43. The van der Waals surface area contributed by atoms with Crippen molar-refractivity contribution in [2.24, 2.45) is 0 Å². The molecule has 1 N–H and O–H groups in total. The molecule has 2 atom stereocenters. The minimum absolute atomic E-state index is 0.0573. The highest BCUT2D eigenvalue weighted by atomic mass is 32.2.